The Morgan fingerprint density at radius 3 is 2.58 bits per heavy atom. The van der Waals surface area contributed by atoms with Crippen molar-refractivity contribution in [1.29, 1.82) is 0 Å². The molecule has 5 rings (SSSR count). The van der Waals surface area contributed by atoms with Gasteiger partial charge >= 0.3 is 0 Å². The smallest absolute Gasteiger partial charge is 0.248 e. The molecule has 1 amide bonds. The number of aliphatic hydroxyl groups excluding tert-OH is 1. The Bertz CT molecular complexity index is 1260. The third-order valence-corrected chi connectivity index (χ3v) is 7.61. The highest BCUT2D eigenvalue weighted by atomic mass is 19.1. The Hall–Kier alpha value is -2.97. The van der Waals surface area contributed by atoms with E-state index in [1.807, 2.05) is 31.2 Å². The van der Waals surface area contributed by atoms with Gasteiger partial charge in [0.1, 0.15) is 24.4 Å². The molecule has 8 heteroatoms. The van der Waals surface area contributed by atoms with Crippen LogP contribution in [0.1, 0.15) is 31.7 Å². The van der Waals surface area contributed by atoms with E-state index in [2.05, 4.69) is 4.98 Å². The van der Waals surface area contributed by atoms with Crippen LogP contribution in [0.4, 0.5) is 13.2 Å². The standard InChI is InChI=1S/C28H30F3N3O2/c1-28(17-34(21-6-7-21)27(36)16-35)8-10-33(15-26(28)31)14-22-23(29)11-20(12-24(22)30)19-5-4-18-3-2-9-32-25(18)13-19/h2-5,9,11-13,21,26,35H,6-8,10,14-17H2,1H3/t26-,28-/m0/s1. The van der Waals surface area contributed by atoms with Gasteiger partial charge in [-0.2, -0.15) is 0 Å². The Morgan fingerprint density at radius 1 is 1.17 bits per heavy atom. The minimum atomic E-state index is -1.27. The SMILES string of the molecule is C[C@@]1(CN(C(=O)CO)C2CC2)CCN(Cc2c(F)cc(-c3ccc4cccnc4c3)cc2F)C[C@@H]1F. The molecule has 5 nitrogen and oxygen atoms in total. The lowest BCUT2D eigenvalue weighted by Gasteiger charge is -2.44. The number of piperidine rings is 1. The number of halogens is 3. The number of alkyl halides is 1. The highest BCUT2D eigenvalue weighted by Gasteiger charge is 2.44. The summed E-state index contributed by atoms with van der Waals surface area (Å²) in [5.41, 5.74) is 0.981. The van der Waals surface area contributed by atoms with Gasteiger partial charge in [-0.1, -0.05) is 25.1 Å². The van der Waals surface area contributed by atoms with Crippen molar-refractivity contribution >= 4 is 16.8 Å². The Balaban J connectivity index is 1.28. The van der Waals surface area contributed by atoms with Gasteiger partial charge in [0.05, 0.1) is 5.52 Å². The molecule has 0 bridgehead atoms. The maximum absolute atomic E-state index is 15.4. The van der Waals surface area contributed by atoms with Gasteiger partial charge < -0.3 is 10.0 Å². The molecular weight excluding hydrogens is 467 g/mol. The van der Waals surface area contributed by atoms with Gasteiger partial charge in [0.15, 0.2) is 0 Å². The Labute approximate surface area is 208 Å². The van der Waals surface area contributed by atoms with Gasteiger partial charge in [0.2, 0.25) is 5.91 Å². The number of carbonyl (C=O) groups is 1. The Morgan fingerprint density at radius 2 is 1.92 bits per heavy atom. The summed E-state index contributed by atoms with van der Waals surface area (Å²) >= 11 is 0. The summed E-state index contributed by atoms with van der Waals surface area (Å²) in [5.74, 6) is -1.70. The molecule has 3 aromatic rings. The minimum absolute atomic E-state index is 0.0271. The number of likely N-dealkylation sites (tertiary alicyclic amines) is 1. The molecule has 36 heavy (non-hydrogen) atoms. The van der Waals surface area contributed by atoms with Crippen LogP contribution in [0.3, 0.4) is 0 Å². The second kappa shape index (κ2) is 9.82. The maximum Gasteiger partial charge on any atom is 0.248 e. The monoisotopic (exact) mass is 497 g/mol. The van der Waals surface area contributed by atoms with Gasteiger partial charge in [-0.15, -0.1) is 0 Å². The molecule has 1 saturated carbocycles. The fourth-order valence-electron chi connectivity index (χ4n) is 5.11. The lowest BCUT2D eigenvalue weighted by molar-refractivity contribution is -0.138. The molecule has 2 aliphatic rings. The van der Waals surface area contributed by atoms with E-state index in [1.165, 1.54) is 12.1 Å². The summed E-state index contributed by atoms with van der Waals surface area (Å²) < 4.78 is 45.5. The first-order chi connectivity index (χ1) is 17.3. The van der Waals surface area contributed by atoms with Crippen LogP contribution in [0.15, 0.2) is 48.7 Å². The number of hydrogen-bond acceptors (Lipinski definition) is 4. The van der Waals surface area contributed by atoms with Crippen LogP contribution in [0.25, 0.3) is 22.0 Å². The predicted octanol–water partition coefficient (Wildman–Crippen LogP) is 4.71. The summed E-state index contributed by atoms with van der Waals surface area (Å²) in [5, 5.41) is 10.2. The number of aliphatic hydroxyl groups is 1. The summed E-state index contributed by atoms with van der Waals surface area (Å²) in [7, 11) is 0. The third-order valence-electron chi connectivity index (χ3n) is 7.61. The quantitative estimate of drug-likeness (QED) is 0.514. The van der Waals surface area contributed by atoms with Gasteiger partial charge in [-0.05, 0) is 61.2 Å². The number of nitrogens with zero attached hydrogens (tertiary/aromatic N) is 3. The second-order valence-corrected chi connectivity index (χ2v) is 10.3. The number of pyridine rings is 1. The van der Waals surface area contributed by atoms with Crippen LogP contribution >= 0.6 is 0 Å². The van der Waals surface area contributed by atoms with Crippen LogP contribution in [-0.4, -0.2) is 64.3 Å². The van der Waals surface area contributed by atoms with E-state index in [9.17, 15) is 9.90 Å². The fourth-order valence-corrected chi connectivity index (χ4v) is 5.11. The molecule has 1 saturated heterocycles. The first-order valence-corrected chi connectivity index (χ1v) is 12.4. The van der Waals surface area contributed by atoms with Crippen molar-refractivity contribution in [1.82, 2.24) is 14.8 Å². The van der Waals surface area contributed by atoms with Gasteiger partial charge in [0.25, 0.3) is 0 Å². The third kappa shape index (κ3) is 4.97. The number of hydrogen-bond donors (Lipinski definition) is 1. The van der Waals surface area contributed by atoms with E-state index in [-0.39, 0.29) is 37.1 Å². The highest BCUT2D eigenvalue weighted by Crippen LogP contribution is 2.38. The zero-order valence-electron chi connectivity index (χ0n) is 20.3. The summed E-state index contributed by atoms with van der Waals surface area (Å²) in [6, 6.07) is 11.9. The van der Waals surface area contributed by atoms with Crippen molar-refractivity contribution in [3.63, 3.8) is 0 Å². The lowest BCUT2D eigenvalue weighted by Crippen LogP contribution is -2.53. The second-order valence-electron chi connectivity index (χ2n) is 10.3. The zero-order valence-corrected chi connectivity index (χ0v) is 20.3. The summed E-state index contributed by atoms with van der Waals surface area (Å²) in [6.45, 7) is 1.92. The molecule has 2 heterocycles. The molecular formula is C28H30F3N3O2. The van der Waals surface area contributed by atoms with Crippen molar-refractivity contribution < 1.29 is 23.1 Å². The molecule has 2 aromatic carbocycles. The van der Waals surface area contributed by atoms with E-state index in [0.717, 1.165) is 23.7 Å². The number of benzene rings is 2. The van der Waals surface area contributed by atoms with Gasteiger partial charge in [0, 0.05) is 48.2 Å². The van der Waals surface area contributed by atoms with Crippen molar-refractivity contribution in [2.75, 3.05) is 26.2 Å². The van der Waals surface area contributed by atoms with Crippen LogP contribution < -0.4 is 0 Å². The van der Waals surface area contributed by atoms with Crippen LogP contribution in [0, 0.1) is 17.0 Å². The molecule has 1 aliphatic heterocycles. The first kappa shape index (κ1) is 24.7. The molecule has 1 N–H and O–H groups in total. The first-order valence-electron chi connectivity index (χ1n) is 12.4. The number of amides is 1. The summed E-state index contributed by atoms with van der Waals surface area (Å²) in [6.07, 6.45) is 2.59. The average molecular weight is 498 g/mol. The molecule has 1 aromatic heterocycles. The van der Waals surface area contributed by atoms with Crippen LogP contribution in [0.2, 0.25) is 0 Å². The maximum atomic E-state index is 15.4. The largest absolute Gasteiger partial charge is 0.387 e. The van der Waals surface area contributed by atoms with Crippen molar-refractivity contribution in [2.45, 2.75) is 44.9 Å². The summed E-state index contributed by atoms with van der Waals surface area (Å²) in [4.78, 5) is 19.8. The number of carbonyl (C=O) groups excluding carboxylic acids is 1. The molecule has 0 unspecified atom stereocenters. The van der Waals surface area contributed by atoms with Crippen LogP contribution in [0.5, 0.6) is 0 Å². The van der Waals surface area contributed by atoms with Crippen molar-refractivity contribution in [3.05, 3.63) is 65.9 Å². The molecule has 1 aliphatic carbocycles. The predicted molar refractivity (Wildman–Crippen MR) is 132 cm³/mol. The molecule has 0 radical (unpaired) electrons. The van der Waals surface area contributed by atoms with Gasteiger partial charge in [-0.3, -0.25) is 14.7 Å². The van der Waals surface area contributed by atoms with Crippen LogP contribution in [-0.2, 0) is 11.3 Å². The normalized spacial score (nSPS) is 22.6. The molecule has 2 fully saturated rings. The zero-order chi connectivity index (χ0) is 25.4. The molecule has 0 spiro atoms. The van der Waals surface area contributed by atoms with E-state index >= 15 is 13.2 Å². The lowest BCUT2D eigenvalue weighted by atomic mass is 9.78. The van der Waals surface area contributed by atoms with E-state index in [0.29, 0.717) is 24.1 Å². The number of rotatable bonds is 7. The molecule has 190 valence electrons. The van der Waals surface area contributed by atoms with Crippen molar-refractivity contribution in [2.24, 2.45) is 5.41 Å². The number of aromatic nitrogens is 1. The Kier molecular flexibility index (Phi) is 6.74. The fraction of sp³-hybridized carbons (Fsp3) is 0.429. The average Bonchev–Trinajstić information content (AvgIpc) is 3.71. The van der Waals surface area contributed by atoms with E-state index in [4.69, 9.17) is 0 Å². The minimum Gasteiger partial charge on any atom is -0.387 e. The van der Waals surface area contributed by atoms with Crippen molar-refractivity contribution in [3.8, 4) is 11.1 Å². The topological polar surface area (TPSA) is 56.7 Å². The highest BCUT2D eigenvalue weighted by molar-refractivity contribution is 5.84. The van der Waals surface area contributed by atoms with E-state index < -0.39 is 29.8 Å². The molecule has 2 atom stereocenters. The van der Waals surface area contributed by atoms with Gasteiger partial charge in [-0.25, -0.2) is 13.2 Å². The number of fused-ring (bicyclic) bond motifs is 1. The van der Waals surface area contributed by atoms with E-state index in [1.54, 1.807) is 22.1 Å².